The van der Waals surface area contributed by atoms with E-state index in [0.717, 1.165) is 38.2 Å². The molecule has 1 aromatic rings. The molecule has 0 aliphatic carbocycles. The van der Waals surface area contributed by atoms with Crippen LogP contribution in [0.5, 0.6) is 0 Å². The highest BCUT2D eigenvalue weighted by Crippen LogP contribution is 2.15. The van der Waals surface area contributed by atoms with E-state index in [-0.39, 0.29) is 0 Å². The predicted octanol–water partition coefficient (Wildman–Crippen LogP) is 2.14. The van der Waals surface area contributed by atoms with E-state index in [1.807, 2.05) is 0 Å². The van der Waals surface area contributed by atoms with Gasteiger partial charge in [0, 0.05) is 0 Å². The van der Waals surface area contributed by atoms with Crippen molar-refractivity contribution in [3.63, 3.8) is 0 Å². The SMILES string of the molecule is CCCNCc1ncnn1C(CC)CC. The molecule has 0 saturated carbocycles. The maximum atomic E-state index is 4.30. The predicted molar refractivity (Wildman–Crippen MR) is 61.6 cm³/mol. The summed E-state index contributed by atoms with van der Waals surface area (Å²) < 4.78 is 2.06. The molecule has 0 aliphatic rings. The minimum atomic E-state index is 0.492. The van der Waals surface area contributed by atoms with Crippen LogP contribution in [0.25, 0.3) is 0 Å². The smallest absolute Gasteiger partial charge is 0.141 e. The third-order valence-electron chi connectivity index (χ3n) is 2.65. The molecular formula is C11H22N4. The van der Waals surface area contributed by atoms with Crippen LogP contribution in [-0.2, 0) is 6.54 Å². The van der Waals surface area contributed by atoms with E-state index in [9.17, 15) is 0 Å². The fourth-order valence-corrected chi connectivity index (χ4v) is 1.72. The third-order valence-corrected chi connectivity index (χ3v) is 2.65. The Bertz CT molecular complexity index is 265. The zero-order valence-corrected chi connectivity index (χ0v) is 10.0. The van der Waals surface area contributed by atoms with Crippen LogP contribution in [0.4, 0.5) is 0 Å². The van der Waals surface area contributed by atoms with Gasteiger partial charge in [0.2, 0.25) is 0 Å². The largest absolute Gasteiger partial charge is 0.310 e. The topological polar surface area (TPSA) is 42.7 Å². The maximum Gasteiger partial charge on any atom is 0.141 e. The zero-order chi connectivity index (χ0) is 11.1. The Morgan fingerprint density at radius 1 is 1.33 bits per heavy atom. The van der Waals surface area contributed by atoms with Crippen LogP contribution in [0.2, 0.25) is 0 Å². The lowest BCUT2D eigenvalue weighted by Crippen LogP contribution is -2.20. The van der Waals surface area contributed by atoms with E-state index >= 15 is 0 Å². The Morgan fingerprint density at radius 2 is 2.07 bits per heavy atom. The van der Waals surface area contributed by atoms with E-state index in [1.165, 1.54) is 0 Å². The number of rotatable bonds is 7. The second-order valence-electron chi connectivity index (χ2n) is 3.77. The molecule has 0 bridgehead atoms. The summed E-state index contributed by atoms with van der Waals surface area (Å²) in [7, 11) is 0. The van der Waals surface area contributed by atoms with Gasteiger partial charge in [-0.3, -0.25) is 0 Å². The summed E-state index contributed by atoms with van der Waals surface area (Å²) >= 11 is 0. The second-order valence-corrected chi connectivity index (χ2v) is 3.77. The van der Waals surface area contributed by atoms with Gasteiger partial charge in [-0.25, -0.2) is 9.67 Å². The summed E-state index contributed by atoms with van der Waals surface area (Å²) in [6.07, 6.45) is 5.03. The third kappa shape index (κ3) is 3.30. The maximum absolute atomic E-state index is 4.30. The van der Waals surface area contributed by atoms with Crippen LogP contribution >= 0.6 is 0 Å². The molecule has 86 valence electrons. The van der Waals surface area contributed by atoms with Crippen LogP contribution in [-0.4, -0.2) is 21.3 Å². The summed E-state index contributed by atoms with van der Waals surface area (Å²) in [6.45, 7) is 8.41. The summed E-state index contributed by atoms with van der Waals surface area (Å²) in [6, 6.07) is 0.492. The fourth-order valence-electron chi connectivity index (χ4n) is 1.72. The first-order chi connectivity index (χ1) is 7.33. The highest BCUT2D eigenvalue weighted by Gasteiger charge is 2.11. The monoisotopic (exact) mass is 210 g/mol. The van der Waals surface area contributed by atoms with Gasteiger partial charge in [0.05, 0.1) is 12.6 Å². The first-order valence-corrected chi connectivity index (χ1v) is 5.92. The summed E-state index contributed by atoms with van der Waals surface area (Å²) in [5.41, 5.74) is 0. The summed E-state index contributed by atoms with van der Waals surface area (Å²) in [5, 5.41) is 7.66. The molecule has 0 amide bonds. The van der Waals surface area contributed by atoms with E-state index in [1.54, 1.807) is 6.33 Å². The fraction of sp³-hybridized carbons (Fsp3) is 0.818. The highest BCUT2D eigenvalue weighted by atomic mass is 15.4. The van der Waals surface area contributed by atoms with Gasteiger partial charge in [0.1, 0.15) is 12.2 Å². The second kappa shape index (κ2) is 6.56. The van der Waals surface area contributed by atoms with E-state index in [2.05, 4.69) is 40.9 Å². The number of hydrogen-bond acceptors (Lipinski definition) is 3. The van der Waals surface area contributed by atoms with Crippen LogP contribution in [0.15, 0.2) is 6.33 Å². The average Bonchev–Trinajstić information content (AvgIpc) is 2.69. The quantitative estimate of drug-likeness (QED) is 0.701. The van der Waals surface area contributed by atoms with Crippen molar-refractivity contribution in [1.29, 1.82) is 0 Å². The molecular weight excluding hydrogens is 188 g/mol. The van der Waals surface area contributed by atoms with Crippen LogP contribution in [0.3, 0.4) is 0 Å². The molecule has 0 radical (unpaired) electrons. The Kier molecular flexibility index (Phi) is 5.32. The molecule has 15 heavy (non-hydrogen) atoms. The minimum Gasteiger partial charge on any atom is -0.310 e. The first kappa shape index (κ1) is 12.2. The molecule has 1 rings (SSSR count). The molecule has 0 spiro atoms. The van der Waals surface area contributed by atoms with Crippen molar-refractivity contribution < 1.29 is 0 Å². The molecule has 0 atom stereocenters. The Balaban J connectivity index is 2.59. The minimum absolute atomic E-state index is 0.492. The Labute approximate surface area is 92.1 Å². The lowest BCUT2D eigenvalue weighted by atomic mass is 10.2. The van der Waals surface area contributed by atoms with Crippen molar-refractivity contribution in [2.24, 2.45) is 0 Å². The van der Waals surface area contributed by atoms with Crippen molar-refractivity contribution >= 4 is 0 Å². The molecule has 4 heteroatoms. The summed E-state index contributed by atoms with van der Waals surface area (Å²) in [4.78, 5) is 4.29. The number of nitrogens with zero attached hydrogens (tertiary/aromatic N) is 3. The van der Waals surface area contributed by atoms with Crippen LogP contribution in [0.1, 0.15) is 51.9 Å². The molecule has 0 unspecified atom stereocenters. The van der Waals surface area contributed by atoms with Gasteiger partial charge in [-0.2, -0.15) is 5.10 Å². The van der Waals surface area contributed by atoms with Gasteiger partial charge in [-0.05, 0) is 25.8 Å². The normalized spacial score (nSPS) is 11.2. The van der Waals surface area contributed by atoms with Crippen molar-refractivity contribution in [3.05, 3.63) is 12.2 Å². The van der Waals surface area contributed by atoms with Gasteiger partial charge in [0.25, 0.3) is 0 Å². The van der Waals surface area contributed by atoms with Gasteiger partial charge >= 0.3 is 0 Å². The van der Waals surface area contributed by atoms with Crippen LogP contribution in [0, 0.1) is 0 Å². The average molecular weight is 210 g/mol. The lowest BCUT2D eigenvalue weighted by Gasteiger charge is -2.15. The van der Waals surface area contributed by atoms with Crippen LogP contribution < -0.4 is 5.32 Å². The van der Waals surface area contributed by atoms with Gasteiger partial charge < -0.3 is 5.32 Å². The Hall–Kier alpha value is -0.900. The van der Waals surface area contributed by atoms with Crippen molar-refractivity contribution in [2.45, 2.75) is 52.6 Å². The number of nitrogens with one attached hydrogen (secondary N) is 1. The summed E-state index contributed by atoms with van der Waals surface area (Å²) in [5.74, 6) is 1.05. The van der Waals surface area contributed by atoms with Crippen molar-refractivity contribution in [3.8, 4) is 0 Å². The Morgan fingerprint density at radius 3 is 2.67 bits per heavy atom. The lowest BCUT2D eigenvalue weighted by molar-refractivity contribution is 0.406. The van der Waals surface area contributed by atoms with E-state index in [0.29, 0.717) is 6.04 Å². The van der Waals surface area contributed by atoms with E-state index in [4.69, 9.17) is 0 Å². The molecule has 0 aromatic carbocycles. The van der Waals surface area contributed by atoms with Crippen molar-refractivity contribution in [1.82, 2.24) is 20.1 Å². The van der Waals surface area contributed by atoms with E-state index < -0.39 is 0 Å². The standard InChI is InChI=1S/C11H22N4/c1-4-7-12-8-11-13-9-14-15(11)10(5-2)6-3/h9-10,12H,4-8H2,1-3H3. The van der Waals surface area contributed by atoms with Gasteiger partial charge in [-0.1, -0.05) is 20.8 Å². The molecule has 0 saturated heterocycles. The highest BCUT2D eigenvalue weighted by molar-refractivity contribution is 4.86. The molecule has 4 nitrogen and oxygen atoms in total. The number of hydrogen-bond donors (Lipinski definition) is 1. The van der Waals surface area contributed by atoms with Gasteiger partial charge in [0.15, 0.2) is 0 Å². The molecule has 0 fully saturated rings. The zero-order valence-electron chi connectivity index (χ0n) is 10.0. The molecule has 1 aromatic heterocycles. The molecule has 1 heterocycles. The molecule has 1 N–H and O–H groups in total. The van der Waals surface area contributed by atoms with Gasteiger partial charge in [-0.15, -0.1) is 0 Å². The first-order valence-electron chi connectivity index (χ1n) is 5.92. The van der Waals surface area contributed by atoms with Crippen molar-refractivity contribution in [2.75, 3.05) is 6.54 Å². The number of aromatic nitrogens is 3. The molecule has 0 aliphatic heterocycles.